The smallest absolute Gasteiger partial charge is 0.123 e. The van der Waals surface area contributed by atoms with Crippen molar-refractivity contribution in [1.82, 2.24) is 14.5 Å². The van der Waals surface area contributed by atoms with Gasteiger partial charge in [0.05, 0.1) is 17.2 Å². The van der Waals surface area contributed by atoms with Crippen LogP contribution in [0, 0.1) is 12.7 Å². The van der Waals surface area contributed by atoms with Gasteiger partial charge in [0.1, 0.15) is 17.2 Å². The van der Waals surface area contributed by atoms with E-state index in [2.05, 4.69) is 38.8 Å². The van der Waals surface area contributed by atoms with Crippen LogP contribution in [0.2, 0.25) is 0 Å². The number of hydrogen-bond donors (Lipinski definition) is 0. The number of pyridine rings is 1. The average molecular weight is 353 g/mol. The summed E-state index contributed by atoms with van der Waals surface area (Å²) >= 11 is 0. The van der Waals surface area contributed by atoms with E-state index < -0.39 is 0 Å². The van der Waals surface area contributed by atoms with Crippen molar-refractivity contribution in [3.63, 3.8) is 0 Å². The molecule has 0 saturated carbocycles. The third-order valence-corrected chi connectivity index (χ3v) is 4.84. The first kappa shape index (κ1) is 15.7. The molecule has 0 radical (unpaired) electrons. The SMILES string of the molecule is Cc1nc2cnc3ccc(-c4ccccc4)cc3c2n1-c1ccc(F)cc1. The molecule has 5 aromatic rings. The van der Waals surface area contributed by atoms with Gasteiger partial charge in [0.15, 0.2) is 0 Å². The van der Waals surface area contributed by atoms with Crippen LogP contribution in [0.15, 0.2) is 79.0 Å². The van der Waals surface area contributed by atoms with Crippen molar-refractivity contribution >= 4 is 21.9 Å². The molecular formula is C23H16FN3. The second-order valence-corrected chi connectivity index (χ2v) is 6.56. The molecule has 0 bridgehead atoms. The van der Waals surface area contributed by atoms with E-state index in [1.165, 1.54) is 12.1 Å². The highest BCUT2D eigenvalue weighted by molar-refractivity contribution is 6.04. The number of nitrogens with zero attached hydrogens (tertiary/aromatic N) is 3. The van der Waals surface area contributed by atoms with E-state index in [0.717, 1.165) is 44.6 Å². The van der Waals surface area contributed by atoms with Gasteiger partial charge in [-0.05, 0) is 54.4 Å². The van der Waals surface area contributed by atoms with Crippen molar-refractivity contribution in [2.75, 3.05) is 0 Å². The van der Waals surface area contributed by atoms with Gasteiger partial charge in [-0.25, -0.2) is 9.37 Å². The van der Waals surface area contributed by atoms with E-state index in [1.54, 1.807) is 18.3 Å². The van der Waals surface area contributed by atoms with Crippen LogP contribution in [-0.4, -0.2) is 14.5 Å². The standard InChI is InChI=1S/C23H16FN3/c1-15-26-22-14-25-21-12-7-17(16-5-3-2-4-6-16)13-20(21)23(22)27(15)19-10-8-18(24)9-11-19/h2-14H,1H3. The predicted molar refractivity (Wildman–Crippen MR) is 107 cm³/mol. The molecule has 3 aromatic carbocycles. The Morgan fingerprint density at radius 2 is 1.59 bits per heavy atom. The molecule has 0 unspecified atom stereocenters. The number of aromatic nitrogens is 3. The van der Waals surface area contributed by atoms with Gasteiger partial charge in [0.25, 0.3) is 0 Å². The molecule has 0 spiro atoms. The first-order valence-corrected chi connectivity index (χ1v) is 8.80. The Balaban J connectivity index is 1.84. The maximum Gasteiger partial charge on any atom is 0.123 e. The van der Waals surface area contributed by atoms with Crippen molar-refractivity contribution in [3.05, 3.63) is 90.6 Å². The van der Waals surface area contributed by atoms with Crippen LogP contribution in [0.25, 0.3) is 38.8 Å². The minimum Gasteiger partial charge on any atom is -0.296 e. The quantitative estimate of drug-likeness (QED) is 0.408. The van der Waals surface area contributed by atoms with Crippen LogP contribution in [0.3, 0.4) is 0 Å². The Morgan fingerprint density at radius 1 is 0.815 bits per heavy atom. The van der Waals surface area contributed by atoms with Gasteiger partial charge in [-0.15, -0.1) is 0 Å². The summed E-state index contributed by atoms with van der Waals surface area (Å²) in [4.78, 5) is 9.24. The normalized spacial score (nSPS) is 11.3. The Kier molecular flexibility index (Phi) is 3.50. The minimum absolute atomic E-state index is 0.251. The number of benzene rings is 3. The fourth-order valence-corrected chi connectivity index (χ4v) is 3.59. The lowest BCUT2D eigenvalue weighted by Crippen LogP contribution is -1.97. The molecular weight excluding hydrogens is 337 g/mol. The molecule has 3 nitrogen and oxygen atoms in total. The van der Waals surface area contributed by atoms with Gasteiger partial charge in [-0.3, -0.25) is 9.55 Å². The molecule has 0 atom stereocenters. The van der Waals surface area contributed by atoms with Crippen LogP contribution in [0.5, 0.6) is 0 Å². The predicted octanol–water partition coefficient (Wildman–Crippen LogP) is 5.69. The fourth-order valence-electron chi connectivity index (χ4n) is 3.59. The number of hydrogen-bond acceptors (Lipinski definition) is 2. The van der Waals surface area contributed by atoms with Crippen LogP contribution in [0.4, 0.5) is 4.39 Å². The summed E-state index contributed by atoms with van der Waals surface area (Å²) in [6.45, 7) is 1.95. The zero-order chi connectivity index (χ0) is 18.4. The molecule has 130 valence electrons. The van der Waals surface area contributed by atoms with Gasteiger partial charge >= 0.3 is 0 Å². The van der Waals surface area contributed by atoms with E-state index in [4.69, 9.17) is 0 Å². The highest BCUT2D eigenvalue weighted by Crippen LogP contribution is 2.31. The summed E-state index contributed by atoms with van der Waals surface area (Å²) in [5, 5.41) is 1.03. The van der Waals surface area contributed by atoms with Gasteiger partial charge in [-0.1, -0.05) is 36.4 Å². The summed E-state index contributed by atoms with van der Waals surface area (Å²) < 4.78 is 15.5. The van der Waals surface area contributed by atoms with Crippen LogP contribution in [0.1, 0.15) is 5.82 Å². The van der Waals surface area contributed by atoms with Gasteiger partial charge in [0.2, 0.25) is 0 Å². The first-order valence-electron chi connectivity index (χ1n) is 8.80. The second-order valence-electron chi connectivity index (χ2n) is 6.56. The first-order chi connectivity index (χ1) is 13.2. The van der Waals surface area contributed by atoms with Crippen molar-refractivity contribution in [1.29, 1.82) is 0 Å². The van der Waals surface area contributed by atoms with Gasteiger partial charge < -0.3 is 0 Å². The highest BCUT2D eigenvalue weighted by atomic mass is 19.1. The largest absolute Gasteiger partial charge is 0.296 e. The average Bonchev–Trinajstić information content (AvgIpc) is 3.05. The summed E-state index contributed by atoms with van der Waals surface area (Å²) in [5.41, 5.74) is 5.89. The molecule has 0 amide bonds. The molecule has 0 fully saturated rings. The number of fused-ring (bicyclic) bond motifs is 3. The molecule has 4 heteroatoms. The van der Waals surface area contributed by atoms with Crippen LogP contribution >= 0.6 is 0 Å². The molecule has 2 aromatic heterocycles. The maximum atomic E-state index is 13.4. The lowest BCUT2D eigenvalue weighted by molar-refractivity contribution is 0.627. The van der Waals surface area contributed by atoms with E-state index in [9.17, 15) is 4.39 Å². The fraction of sp³-hybridized carbons (Fsp3) is 0.0435. The maximum absolute atomic E-state index is 13.4. The van der Waals surface area contributed by atoms with Crippen molar-refractivity contribution in [2.24, 2.45) is 0 Å². The zero-order valence-corrected chi connectivity index (χ0v) is 14.7. The summed E-state index contributed by atoms with van der Waals surface area (Å²) in [5.74, 6) is 0.592. The van der Waals surface area contributed by atoms with Gasteiger partial charge in [0, 0.05) is 11.1 Å². The molecule has 0 aliphatic heterocycles. The Morgan fingerprint density at radius 3 is 2.37 bits per heavy atom. The van der Waals surface area contributed by atoms with Crippen molar-refractivity contribution in [2.45, 2.75) is 6.92 Å². The molecule has 5 rings (SSSR count). The van der Waals surface area contributed by atoms with E-state index in [1.807, 2.05) is 31.2 Å². The Bertz CT molecular complexity index is 1270. The van der Waals surface area contributed by atoms with E-state index >= 15 is 0 Å². The number of aryl methyl sites for hydroxylation is 1. The summed E-state index contributed by atoms with van der Waals surface area (Å²) in [6, 6.07) is 23.0. The lowest BCUT2D eigenvalue weighted by Gasteiger charge is -2.10. The number of halogens is 1. The minimum atomic E-state index is -0.251. The van der Waals surface area contributed by atoms with Crippen molar-refractivity contribution in [3.8, 4) is 16.8 Å². The number of imidazole rings is 1. The third kappa shape index (κ3) is 2.57. The molecule has 0 saturated heterocycles. The third-order valence-electron chi connectivity index (χ3n) is 4.84. The van der Waals surface area contributed by atoms with Crippen molar-refractivity contribution < 1.29 is 4.39 Å². The topological polar surface area (TPSA) is 30.7 Å². The second kappa shape index (κ2) is 6.02. The van der Waals surface area contributed by atoms with Gasteiger partial charge in [-0.2, -0.15) is 0 Å². The molecule has 0 aliphatic carbocycles. The van der Waals surface area contributed by atoms with Crippen LogP contribution < -0.4 is 0 Å². The highest BCUT2D eigenvalue weighted by Gasteiger charge is 2.14. The van der Waals surface area contributed by atoms with E-state index in [-0.39, 0.29) is 5.82 Å². The molecule has 0 N–H and O–H groups in total. The number of rotatable bonds is 2. The Labute approximate surface area is 155 Å². The van der Waals surface area contributed by atoms with Crippen LogP contribution in [-0.2, 0) is 0 Å². The summed E-state index contributed by atoms with van der Waals surface area (Å²) in [6.07, 6.45) is 1.80. The monoisotopic (exact) mass is 353 g/mol. The lowest BCUT2D eigenvalue weighted by atomic mass is 10.0. The molecule has 0 aliphatic rings. The Hall–Kier alpha value is -3.53. The summed E-state index contributed by atoms with van der Waals surface area (Å²) in [7, 11) is 0. The zero-order valence-electron chi connectivity index (χ0n) is 14.7. The molecule has 2 heterocycles. The van der Waals surface area contributed by atoms with E-state index in [0.29, 0.717) is 0 Å². The molecule has 27 heavy (non-hydrogen) atoms.